The molecule has 1 atom stereocenters. The van der Waals surface area contributed by atoms with E-state index in [-0.39, 0.29) is 29.0 Å². The Hall–Kier alpha value is -2.60. The maximum atomic E-state index is 13.1. The molecule has 0 unspecified atom stereocenters. The van der Waals surface area contributed by atoms with Crippen molar-refractivity contribution in [3.8, 4) is 11.5 Å². The molecule has 0 heterocycles. The van der Waals surface area contributed by atoms with E-state index in [1.165, 1.54) is 13.2 Å². The SMILES string of the molecule is CNC(=O)[C@H](CCSC)NCc1ccc(OCc2cc(C(F)(F)F)cc(C(F)(F)F)c2)c(OC)c1. The van der Waals surface area contributed by atoms with Crippen molar-refractivity contribution in [3.63, 3.8) is 0 Å². The standard InChI is InChI=1S/C23H26F6N2O3S/c1-30-21(32)18(6-7-35-3)31-12-14-4-5-19(20(10-14)33-2)34-13-15-8-16(22(24,25)26)11-17(9-15)23(27,28)29/h4-5,8-11,18,31H,6-7,12-13H2,1-3H3,(H,30,32)/t18-/m0/s1. The Balaban J connectivity index is 2.17. The van der Waals surface area contributed by atoms with Gasteiger partial charge >= 0.3 is 12.4 Å². The molecule has 0 aliphatic carbocycles. The predicted molar refractivity (Wildman–Crippen MR) is 121 cm³/mol. The lowest BCUT2D eigenvalue weighted by Gasteiger charge is -2.18. The Kier molecular flexibility index (Phi) is 10.1. The number of carbonyl (C=O) groups excluding carboxylic acids is 1. The number of amides is 1. The van der Waals surface area contributed by atoms with Gasteiger partial charge in [-0.05, 0) is 59.9 Å². The summed E-state index contributed by atoms with van der Waals surface area (Å²) >= 11 is 1.61. The van der Waals surface area contributed by atoms with Crippen molar-refractivity contribution in [2.45, 2.75) is 38.0 Å². The summed E-state index contributed by atoms with van der Waals surface area (Å²) in [5, 5.41) is 5.76. The first-order chi connectivity index (χ1) is 16.4. The van der Waals surface area contributed by atoms with E-state index >= 15 is 0 Å². The molecule has 1 amide bonds. The third kappa shape index (κ3) is 8.53. The largest absolute Gasteiger partial charge is 0.493 e. The fraction of sp³-hybridized carbons (Fsp3) is 0.435. The van der Waals surface area contributed by atoms with Gasteiger partial charge in [0, 0.05) is 13.6 Å². The molecule has 5 nitrogen and oxygen atoms in total. The van der Waals surface area contributed by atoms with E-state index in [0.717, 1.165) is 11.3 Å². The van der Waals surface area contributed by atoms with Gasteiger partial charge in [-0.1, -0.05) is 6.07 Å². The molecule has 194 valence electrons. The van der Waals surface area contributed by atoms with Crippen LogP contribution in [0.2, 0.25) is 0 Å². The molecule has 0 aliphatic rings. The van der Waals surface area contributed by atoms with Crippen molar-refractivity contribution in [2.75, 3.05) is 26.2 Å². The third-order valence-corrected chi connectivity index (χ3v) is 5.64. The van der Waals surface area contributed by atoms with Gasteiger partial charge in [-0.15, -0.1) is 0 Å². The molecular formula is C23H26F6N2O3S. The summed E-state index contributed by atoms with van der Waals surface area (Å²) in [4.78, 5) is 12.0. The lowest BCUT2D eigenvalue weighted by molar-refractivity contribution is -0.143. The third-order valence-electron chi connectivity index (χ3n) is 5.00. The maximum absolute atomic E-state index is 13.1. The van der Waals surface area contributed by atoms with Crippen LogP contribution in [0, 0.1) is 0 Å². The molecule has 0 bridgehead atoms. The monoisotopic (exact) mass is 524 g/mol. The van der Waals surface area contributed by atoms with Crippen LogP contribution < -0.4 is 20.1 Å². The van der Waals surface area contributed by atoms with Crippen molar-refractivity contribution in [3.05, 3.63) is 58.7 Å². The number of rotatable bonds is 11. The number of alkyl halides is 6. The van der Waals surface area contributed by atoms with E-state index in [1.807, 2.05) is 6.26 Å². The molecule has 2 N–H and O–H groups in total. The van der Waals surface area contributed by atoms with Crippen LogP contribution in [0.1, 0.15) is 28.7 Å². The summed E-state index contributed by atoms with van der Waals surface area (Å²) < 4.78 is 89.2. The number of methoxy groups -OCH3 is 1. The first-order valence-electron chi connectivity index (χ1n) is 10.4. The zero-order valence-corrected chi connectivity index (χ0v) is 20.1. The number of carbonyl (C=O) groups is 1. The van der Waals surface area contributed by atoms with Crippen molar-refractivity contribution in [1.29, 1.82) is 0 Å². The van der Waals surface area contributed by atoms with Crippen LogP contribution >= 0.6 is 11.8 Å². The zero-order chi connectivity index (χ0) is 26.2. The molecule has 0 radical (unpaired) electrons. The fourth-order valence-electron chi connectivity index (χ4n) is 3.18. The molecule has 12 heteroatoms. The highest BCUT2D eigenvalue weighted by molar-refractivity contribution is 7.98. The van der Waals surface area contributed by atoms with Crippen molar-refractivity contribution in [2.24, 2.45) is 0 Å². The van der Waals surface area contributed by atoms with Crippen LogP contribution in [0.4, 0.5) is 26.3 Å². The second kappa shape index (κ2) is 12.4. The summed E-state index contributed by atoms with van der Waals surface area (Å²) in [6.45, 7) is -0.208. The molecule has 2 rings (SSSR count). The minimum Gasteiger partial charge on any atom is -0.493 e. The number of thioether (sulfide) groups is 1. The minimum absolute atomic E-state index is 0.0666. The lowest BCUT2D eigenvalue weighted by Crippen LogP contribution is -2.42. The van der Waals surface area contributed by atoms with Crippen LogP contribution in [0.3, 0.4) is 0 Å². The zero-order valence-electron chi connectivity index (χ0n) is 19.3. The van der Waals surface area contributed by atoms with Gasteiger partial charge in [0.1, 0.15) is 6.61 Å². The summed E-state index contributed by atoms with van der Waals surface area (Å²) in [6.07, 6.45) is -7.32. The Labute approximate surface area is 203 Å². The molecular weight excluding hydrogens is 498 g/mol. The van der Waals surface area contributed by atoms with Crippen LogP contribution in [-0.4, -0.2) is 38.1 Å². The van der Waals surface area contributed by atoms with Gasteiger partial charge in [0.2, 0.25) is 5.91 Å². The van der Waals surface area contributed by atoms with Gasteiger partial charge in [0.15, 0.2) is 11.5 Å². The number of hydrogen-bond acceptors (Lipinski definition) is 5. The van der Waals surface area contributed by atoms with Gasteiger partial charge in [-0.3, -0.25) is 4.79 Å². The molecule has 2 aromatic rings. The van der Waals surface area contributed by atoms with E-state index in [0.29, 0.717) is 25.1 Å². The predicted octanol–water partition coefficient (Wildman–Crippen LogP) is 5.27. The molecule has 0 saturated heterocycles. The average molecular weight is 525 g/mol. The first-order valence-corrected chi connectivity index (χ1v) is 11.8. The number of halogens is 6. The van der Waals surface area contributed by atoms with E-state index in [1.54, 1.807) is 30.9 Å². The molecule has 35 heavy (non-hydrogen) atoms. The van der Waals surface area contributed by atoms with Crippen LogP contribution in [0.5, 0.6) is 11.5 Å². The molecule has 0 aromatic heterocycles. The second-order valence-corrected chi connectivity index (χ2v) is 8.50. The van der Waals surface area contributed by atoms with Crippen molar-refractivity contribution >= 4 is 17.7 Å². The summed E-state index contributed by atoms with van der Waals surface area (Å²) in [7, 11) is 2.91. The Morgan fingerprint density at radius 2 is 1.60 bits per heavy atom. The summed E-state index contributed by atoms with van der Waals surface area (Å²) in [5.41, 5.74) is -2.37. The maximum Gasteiger partial charge on any atom is 0.416 e. The summed E-state index contributed by atoms with van der Waals surface area (Å²) in [5.74, 6) is 1.03. The fourth-order valence-corrected chi connectivity index (χ4v) is 3.65. The Morgan fingerprint density at radius 3 is 2.11 bits per heavy atom. The minimum atomic E-state index is -4.94. The number of benzene rings is 2. The van der Waals surface area contributed by atoms with Gasteiger partial charge in [0.25, 0.3) is 0 Å². The van der Waals surface area contributed by atoms with Crippen LogP contribution in [0.15, 0.2) is 36.4 Å². The quantitative estimate of drug-likeness (QED) is 0.393. The van der Waals surface area contributed by atoms with Gasteiger partial charge in [-0.25, -0.2) is 0 Å². The van der Waals surface area contributed by atoms with Crippen molar-refractivity contribution in [1.82, 2.24) is 10.6 Å². The summed E-state index contributed by atoms with van der Waals surface area (Å²) in [6, 6.07) is 5.68. The smallest absolute Gasteiger partial charge is 0.416 e. The highest BCUT2D eigenvalue weighted by Crippen LogP contribution is 2.37. The Bertz CT molecular complexity index is 966. The van der Waals surface area contributed by atoms with Crippen LogP contribution in [-0.2, 0) is 30.3 Å². The number of nitrogens with one attached hydrogen (secondary N) is 2. The molecule has 0 fully saturated rings. The second-order valence-electron chi connectivity index (χ2n) is 7.52. The molecule has 2 aromatic carbocycles. The molecule has 0 saturated carbocycles. The lowest BCUT2D eigenvalue weighted by atomic mass is 10.1. The van der Waals surface area contributed by atoms with Crippen LogP contribution in [0.25, 0.3) is 0 Å². The number of likely N-dealkylation sites (N-methyl/N-ethyl adjacent to an activating group) is 1. The normalized spacial score (nSPS) is 12.8. The highest BCUT2D eigenvalue weighted by atomic mass is 32.2. The van der Waals surface area contributed by atoms with Gasteiger partial charge in [-0.2, -0.15) is 38.1 Å². The highest BCUT2D eigenvalue weighted by Gasteiger charge is 2.37. The Morgan fingerprint density at radius 1 is 0.971 bits per heavy atom. The van der Waals surface area contributed by atoms with E-state index < -0.39 is 36.1 Å². The molecule has 0 spiro atoms. The first kappa shape index (κ1) is 28.6. The topological polar surface area (TPSA) is 59.6 Å². The van der Waals surface area contributed by atoms with Gasteiger partial charge < -0.3 is 20.1 Å². The van der Waals surface area contributed by atoms with E-state index in [9.17, 15) is 31.1 Å². The molecule has 0 aliphatic heterocycles. The number of ether oxygens (including phenoxy) is 2. The van der Waals surface area contributed by atoms with Crippen molar-refractivity contribution < 1.29 is 40.6 Å². The van der Waals surface area contributed by atoms with E-state index in [2.05, 4.69) is 10.6 Å². The van der Waals surface area contributed by atoms with Gasteiger partial charge in [0.05, 0.1) is 24.3 Å². The average Bonchev–Trinajstić information content (AvgIpc) is 2.81. The number of hydrogen-bond donors (Lipinski definition) is 2. The van der Waals surface area contributed by atoms with E-state index in [4.69, 9.17) is 9.47 Å².